The summed E-state index contributed by atoms with van der Waals surface area (Å²) >= 11 is 0. The highest BCUT2D eigenvalue weighted by Crippen LogP contribution is 2.11. The minimum atomic E-state index is -1.14. The molecule has 4 N–H and O–H groups in total. The number of carbonyl (C=O) groups excluding carboxylic acids is 3. The quantitative estimate of drug-likeness (QED) is 0.434. The third-order valence-electron chi connectivity index (χ3n) is 3.29. The Morgan fingerprint density at radius 2 is 2.05 bits per heavy atom. The second-order valence-electron chi connectivity index (χ2n) is 4.67. The van der Waals surface area contributed by atoms with E-state index in [1.807, 2.05) is 0 Å². The zero-order chi connectivity index (χ0) is 14.7. The van der Waals surface area contributed by atoms with Crippen LogP contribution in [0.3, 0.4) is 0 Å². The predicted octanol–water partition coefficient (Wildman–Crippen LogP) is -3.12. The average molecular weight is 284 g/mol. The van der Waals surface area contributed by atoms with E-state index in [2.05, 4.69) is 16.0 Å². The summed E-state index contributed by atoms with van der Waals surface area (Å²) in [5.74, 6) is -2.18. The predicted molar refractivity (Wildman–Crippen MR) is 65.6 cm³/mol. The molecule has 2 unspecified atom stereocenters. The smallest absolute Gasteiger partial charge is 0.305 e. The summed E-state index contributed by atoms with van der Waals surface area (Å²) in [6, 6.07) is -1.64. The summed E-state index contributed by atoms with van der Waals surface area (Å²) in [6.45, 7) is 0.712. The number of carboxylic acids is 1. The summed E-state index contributed by atoms with van der Waals surface area (Å²) < 4.78 is 0. The fraction of sp³-hybridized carbons (Fsp3) is 0.636. The maximum Gasteiger partial charge on any atom is 0.305 e. The van der Waals surface area contributed by atoms with Crippen LogP contribution >= 0.6 is 0 Å². The number of aliphatic carboxylic acids is 1. The highest BCUT2D eigenvalue weighted by molar-refractivity contribution is 5.94. The number of hydrogen-bond donors (Lipinski definition) is 4. The van der Waals surface area contributed by atoms with Crippen molar-refractivity contribution in [2.24, 2.45) is 0 Å². The van der Waals surface area contributed by atoms with E-state index in [1.54, 1.807) is 0 Å². The van der Waals surface area contributed by atoms with Crippen LogP contribution in [0.25, 0.3) is 0 Å². The summed E-state index contributed by atoms with van der Waals surface area (Å²) in [7, 11) is 0. The number of carbonyl (C=O) groups is 4. The molecular formula is C11H16N4O5. The van der Waals surface area contributed by atoms with Crippen molar-refractivity contribution in [2.45, 2.75) is 18.5 Å². The van der Waals surface area contributed by atoms with Gasteiger partial charge < -0.3 is 20.6 Å². The van der Waals surface area contributed by atoms with Gasteiger partial charge in [-0.05, 0) is 0 Å². The molecule has 0 aromatic carbocycles. The third kappa shape index (κ3) is 3.05. The number of nitrogens with one attached hydrogen (secondary N) is 3. The van der Waals surface area contributed by atoms with Gasteiger partial charge in [0, 0.05) is 19.6 Å². The van der Waals surface area contributed by atoms with Crippen molar-refractivity contribution < 1.29 is 24.3 Å². The molecule has 0 spiro atoms. The van der Waals surface area contributed by atoms with E-state index in [0.29, 0.717) is 6.54 Å². The van der Waals surface area contributed by atoms with Gasteiger partial charge in [0.2, 0.25) is 17.7 Å². The fourth-order valence-corrected chi connectivity index (χ4v) is 2.29. The average Bonchev–Trinajstić information content (AvgIpc) is 2.41. The minimum absolute atomic E-state index is 0.0278. The Labute approximate surface area is 114 Å². The van der Waals surface area contributed by atoms with Gasteiger partial charge in [-0.15, -0.1) is 0 Å². The minimum Gasteiger partial charge on any atom is -0.481 e. The van der Waals surface area contributed by atoms with Gasteiger partial charge >= 0.3 is 5.97 Å². The monoisotopic (exact) mass is 284 g/mol. The number of nitrogens with zero attached hydrogens (tertiary/aromatic N) is 1. The van der Waals surface area contributed by atoms with Crippen molar-refractivity contribution in [2.75, 3.05) is 26.2 Å². The van der Waals surface area contributed by atoms with E-state index < -0.39 is 30.4 Å². The molecule has 0 saturated carbocycles. The van der Waals surface area contributed by atoms with Gasteiger partial charge in [-0.3, -0.25) is 24.5 Å². The van der Waals surface area contributed by atoms with E-state index in [-0.39, 0.29) is 31.4 Å². The zero-order valence-electron chi connectivity index (χ0n) is 10.7. The van der Waals surface area contributed by atoms with Crippen molar-refractivity contribution >= 4 is 23.7 Å². The van der Waals surface area contributed by atoms with Gasteiger partial charge in [0.15, 0.2) is 0 Å². The molecule has 2 rings (SSSR count). The molecule has 2 atom stereocenters. The number of amides is 3. The normalized spacial score (nSPS) is 26.7. The van der Waals surface area contributed by atoms with Gasteiger partial charge in [-0.2, -0.15) is 0 Å². The lowest BCUT2D eigenvalue weighted by molar-refractivity contribution is -0.150. The van der Waals surface area contributed by atoms with Crippen LogP contribution in [0.15, 0.2) is 0 Å². The number of rotatable bonds is 3. The van der Waals surface area contributed by atoms with Crippen LogP contribution in [0, 0.1) is 0 Å². The molecule has 2 fully saturated rings. The van der Waals surface area contributed by atoms with Gasteiger partial charge in [0.1, 0.15) is 12.1 Å². The Morgan fingerprint density at radius 3 is 2.65 bits per heavy atom. The molecule has 0 aromatic rings. The molecule has 0 aliphatic carbocycles. The Balaban J connectivity index is 2.07. The second kappa shape index (κ2) is 5.87. The van der Waals surface area contributed by atoms with E-state index in [0.717, 1.165) is 0 Å². The Kier molecular flexibility index (Phi) is 4.18. The summed E-state index contributed by atoms with van der Waals surface area (Å²) in [6.07, 6.45) is -0.434. The maximum absolute atomic E-state index is 12.3. The van der Waals surface area contributed by atoms with Crippen LogP contribution in [0.2, 0.25) is 0 Å². The van der Waals surface area contributed by atoms with Crippen LogP contribution in [-0.4, -0.2) is 72.0 Å². The Bertz CT molecular complexity index is 442. The molecule has 0 bridgehead atoms. The van der Waals surface area contributed by atoms with Crippen molar-refractivity contribution in [3.05, 3.63) is 0 Å². The number of piperazine rings is 2. The van der Waals surface area contributed by atoms with Crippen molar-refractivity contribution in [1.29, 1.82) is 0 Å². The second-order valence-corrected chi connectivity index (χ2v) is 4.67. The molecule has 0 radical (unpaired) electrons. The zero-order valence-corrected chi connectivity index (χ0v) is 10.7. The number of hydrogen-bond acceptors (Lipinski definition) is 5. The van der Waals surface area contributed by atoms with Crippen LogP contribution in [-0.2, 0) is 19.2 Å². The Hall–Kier alpha value is -2.16. The Morgan fingerprint density at radius 1 is 1.30 bits per heavy atom. The van der Waals surface area contributed by atoms with Crippen LogP contribution in [0.4, 0.5) is 0 Å². The van der Waals surface area contributed by atoms with E-state index in [9.17, 15) is 19.2 Å². The lowest BCUT2D eigenvalue weighted by Crippen LogP contribution is -2.64. The molecule has 3 amide bonds. The van der Waals surface area contributed by atoms with E-state index >= 15 is 0 Å². The van der Waals surface area contributed by atoms with Gasteiger partial charge in [-0.25, -0.2) is 0 Å². The molecule has 0 aromatic heterocycles. The summed E-state index contributed by atoms with van der Waals surface area (Å²) in [5.41, 5.74) is 0. The van der Waals surface area contributed by atoms with Crippen LogP contribution < -0.4 is 16.0 Å². The lowest BCUT2D eigenvalue weighted by atomic mass is 10.1. The van der Waals surface area contributed by atoms with Gasteiger partial charge in [0.25, 0.3) is 0 Å². The molecule has 2 aliphatic rings. The summed E-state index contributed by atoms with van der Waals surface area (Å²) in [5, 5.41) is 16.7. The molecule has 2 aliphatic heterocycles. The molecule has 20 heavy (non-hydrogen) atoms. The maximum atomic E-state index is 12.3. The van der Waals surface area contributed by atoms with Crippen molar-refractivity contribution in [3.63, 3.8) is 0 Å². The standard InChI is InChI=1S/C11H16N4O5/c16-8-5-13-6(4-14-8)11(20)15-2-1-12-10(19)7(15)3-9(17)18/h6-7,13H,1-5H2,(H,12,19)(H,14,16)(H,17,18). The van der Waals surface area contributed by atoms with Gasteiger partial charge in [0.05, 0.1) is 13.0 Å². The largest absolute Gasteiger partial charge is 0.481 e. The number of carboxylic acid groups (broad SMARTS) is 1. The van der Waals surface area contributed by atoms with Crippen molar-refractivity contribution in [1.82, 2.24) is 20.9 Å². The topological polar surface area (TPSA) is 128 Å². The van der Waals surface area contributed by atoms with Crippen LogP contribution in [0.1, 0.15) is 6.42 Å². The first kappa shape index (κ1) is 14.3. The SMILES string of the molecule is O=C(O)CC1C(=O)NCCN1C(=O)C1CNC(=O)CN1. The molecule has 9 nitrogen and oxygen atoms in total. The molecular weight excluding hydrogens is 268 g/mol. The fourth-order valence-electron chi connectivity index (χ4n) is 2.29. The third-order valence-corrected chi connectivity index (χ3v) is 3.29. The lowest BCUT2D eigenvalue weighted by Gasteiger charge is -2.37. The molecule has 9 heteroatoms. The molecule has 2 saturated heterocycles. The highest BCUT2D eigenvalue weighted by atomic mass is 16.4. The van der Waals surface area contributed by atoms with E-state index in [1.165, 1.54) is 4.90 Å². The first-order valence-corrected chi connectivity index (χ1v) is 6.29. The van der Waals surface area contributed by atoms with Crippen LogP contribution in [0.5, 0.6) is 0 Å². The highest BCUT2D eigenvalue weighted by Gasteiger charge is 2.38. The molecule has 2 heterocycles. The molecule has 110 valence electrons. The van der Waals surface area contributed by atoms with E-state index in [4.69, 9.17) is 5.11 Å². The first-order chi connectivity index (χ1) is 9.49. The van der Waals surface area contributed by atoms with Crippen molar-refractivity contribution in [3.8, 4) is 0 Å². The summed E-state index contributed by atoms with van der Waals surface area (Å²) in [4.78, 5) is 47.2. The first-order valence-electron chi connectivity index (χ1n) is 6.29. The van der Waals surface area contributed by atoms with Gasteiger partial charge in [-0.1, -0.05) is 0 Å².